The third-order valence-corrected chi connectivity index (χ3v) is 2.66. The van der Waals surface area contributed by atoms with Crippen molar-refractivity contribution in [1.29, 1.82) is 0 Å². The summed E-state index contributed by atoms with van der Waals surface area (Å²) in [7, 11) is 0. The van der Waals surface area contributed by atoms with Crippen LogP contribution >= 0.6 is 11.6 Å². The van der Waals surface area contributed by atoms with Gasteiger partial charge >= 0.3 is 6.03 Å². The third kappa shape index (κ3) is 2.52. The lowest BCUT2D eigenvalue weighted by Crippen LogP contribution is -2.32. The molecule has 1 saturated heterocycles. The van der Waals surface area contributed by atoms with Gasteiger partial charge in [-0.15, -0.1) is 0 Å². The van der Waals surface area contributed by atoms with Gasteiger partial charge in [0.1, 0.15) is 0 Å². The topological polar surface area (TPSA) is 49.4 Å². The van der Waals surface area contributed by atoms with E-state index in [4.69, 9.17) is 11.6 Å². The average molecular weight is 239 g/mol. The summed E-state index contributed by atoms with van der Waals surface area (Å²) in [4.78, 5) is 24.2. The molecule has 0 saturated carbocycles. The van der Waals surface area contributed by atoms with Crippen LogP contribution in [-0.4, -0.2) is 29.8 Å². The molecular formula is C11H11ClN2O2. The van der Waals surface area contributed by atoms with Crippen molar-refractivity contribution in [2.45, 2.75) is 6.42 Å². The van der Waals surface area contributed by atoms with E-state index < -0.39 is 0 Å². The maximum Gasteiger partial charge on any atom is 0.322 e. The molecule has 5 heteroatoms. The Balaban J connectivity index is 1.97. The number of nitrogens with one attached hydrogen (secondary N) is 1. The van der Waals surface area contributed by atoms with Crippen molar-refractivity contribution >= 4 is 29.1 Å². The summed E-state index contributed by atoms with van der Waals surface area (Å²) in [6.45, 7) is 0.706. The van der Waals surface area contributed by atoms with Crippen LogP contribution in [0.1, 0.15) is 6.42 Å². The fourth-order valence-electron chi connectivity index (χ4n) is 1.54. The Bertz CT molecular complexity index is 416. The van der Waals surface area contributed by atoms with E-state index in [-0.39, 0.29) is 18.4 Å². The van der Waals surface area contributed by atoms with Crippen molar-refractivity contribution in [3.63, 3.8) is 0 Å². The monoisotopic (exact) mass is 238 g/mol. The molecule has 4 nitrogen and oxygen atoms in total. The number of carbonyl (C=O) groups excluding carboxylic acids is 2. The van der Waals surface area contributed by atoms with Gasteiger partial charge < -0.3 is 10.2 Å². The second kappa shape index (κ2) is 4.53. The van der Waals surface area contributed by atoms with Crippen LogP contribution < -0.4 is 5.32 Å². The molecule has 0 unspecified atom stereocenters. The molecule has 16 heavy (non-hydrogen) atoms. The second-order valence-electron chi connectivity index (χ2n) is 3.65. The largest absolute Gasteiger partial charge is 0.322 e. The minimum absolute atomic E-state index is 0.103. The number of rotatable bonds is 1. The van der Waals surface area contributed by atoms with E-state index in [1.165, 1.54) is 4.90 Å². The summed E-state index contributed by atoms with van der Waals surface area (Å²) >= 11 is 5.73. The Kier molecular flexibility index (Phi) is 3.10. The van der Waals surface area contributed by atoms with Crippen LogP contribution in [-0.2, 0) is 4.79 Å². The summed E-state index contributed by atoms with van der Waals surface area (Å²) in [6, 6.07) is 6.60. The highest BCUT2D eigenvalue weighted by Crippen LogP contribution is 2.14. The van der Waals surface area contributed by atoms with Crippen LogP contribution in [0.25, 0.3) is 0 Å². The quantitative estimate of drug-likeness (QED) is 0.815. The van der Waals surface area contributed by atoms with E-state index >= 15 is 0 Å². The number of benzene rings is 1. The Hall–Kier alpha value is -1.55. The highest BCUT2D eigenvalue weighted by Gasteiger charge is 2.23. The number of anilines is 1. The molecule has 84 valence electrons. The smallest absolute Gasteiger partial charge is 0.317 e. The predicted octanol–water partition coefficient (Wildman–Crippen LogP) is 2.15. The second-order valence-corrected chi connectivity index (χ2v) is 4.08. The summed E-state index contributed by atoms with van der Waals surface area (Å²) < 4.78 is 0. The summed E-state index contributed by atoms with van der Waals surface area (Å²) in [5, 5.41) is 3.33. The number of Topliss-reactive ketones (excluding diaryl/α,β-unsaturated/α-hetero) is 1. The van der Waals surface area contributed by atoms with Gasteiger partial charge in [0.25, 0.3) is 0 Å². The average Bonchev–Trinajstić information content (AvgIpc) is 2.68. The highest BCUT2D eigenvalue weighted by atomic mass is 35.5. The fraction of sp³-hybridized carbons (Fsp3) is 0.273. The molecule has 1 fully saturated rings. The van der Waals surface area contributed by atoms with Gasteiger partial charge in [-0.3, -0.25) is 4.79 Å². The van der Waals surface area contributed by atoms with E-state index in [1.54, 1.807) is 24.3 Å². The number of urea groups is 1. The van der Waals surface area contributed by atoms with Gasteiger partial charge in [-0.1, -0.05) is 11.6 Å². The third-order valence-electron chi connectivity index (χ3n) is 2.41. The van der Waals surface area contributed by atoms with Crippen LogP contribution in [0.2, 0.25) is 5.02 Å². The maximum absolute atomic E-state index is 11.7. The molecule has 0 bridgehead atoms. The maximum atomic E-state index is 11.7. The standard InChI is InChI=1S/C11H11ClN2O2/c12-8-1-3-9(4-2-8)13-11(16)14-6-5-10(15)7-14/h1-4H,5-7H2,(H,13,16). The number of ketones is 1. The van der Waals surface area contributed by atoms with Crippen LogP contribution in [0, 0.1) is 0 Å². The van der Waals surface area contributed by atoms with Crippen molar-refractivity contribution in [2.75, 3.05) is 18.4 Å². The first-order valence-electron chi connectivity index (χ1n) is 4.98. The van der Waals surface area contributed by atoms with Crippen molar-refractivity contribution < 1.29 is 9.59 Å². The number of hydrogen-bond donors (Lipinski definition) is 1. The molecular weight excluding hydrogens is 228 g/mol. The molecule has 1 aromatic rings. The number of halogens is 1. The van der Waals surface area contributed by atoms with Crippen LogP contribution in [0.15, 0.2) is 24.3 Å². The van der Waals surface area contributed by atoms with Gasteiger partial charge in [0.05, 0.1) is 6.54 Å². The molecule has 0 atom stereocenters. The molecule has 2 amide bonds. The zero-order valence-electron chi connectivity index (χ0n) is 8.57. The molecule has 2 rings (SSSR count). The molecule has 1 aliphatic rings. The van der Waals surface area contributed by atoms with Gasteiger partial charge in [0.2, 0.25) is 0 Å². The van der Waals surface area contributed by atoms with E-state index in [9.17, 15) is 9.59 Å². The van der Waals surface area contributed by atoms with E-state index in [0.29, 0.717) is 23.7 Å². The summed E-state index contributed by atoms with van der Waals surface area (Å²) in [6.07, 6.45) is 0.452. The fourth-order valence-corrected chi connectivity index (χ4v) is 1.67. The van der Waals surface area contributed by atoms with Gasteiger partial charge in [0, 0.05) is 23.7 Å². The van der Waals surface area contributed by atoms with Crippen LogP contribution in [0.5, 0.6) is 0 Å². The molecule has 0 spiro atoms. The minimum Gasteiger partial charge on any atom is -0.317 e. The predicted molar refractivity (Wildman–Crippen MR) is 61.7 cm³/mol. The van der Waals surface area contributed by atoms with Crippen molar-refractivity contribution in [3.8, 4) is 0 Å². The first kappa shape index (κ1) is 11.0. The lowest BCUT2D eigenvalue weighted by Gasteiger charge is -2.15. The van der Waals surface area contributed by atoms with Crippen LogP contribution in [0.4, 0.5) is 10.5 Å². The van der Waals surface area contributed by atoms with E-state index in [2.05, 4.69) is 5.32 Å². The lowest BCUT2D eigenvalue weighted by molar-refractivity contribution is -0.116. The van der Waals surface area contributed by atoms with Gasteiger partial charge in [-0.05, 0) is 24.3 Å². The molecule has 0 aromatic heterocycles. The number of nitrogens with zero attached hydrogens (tertiary/aromatic N) is 1. The highest BCUT2D eigenvalue weighted by molar-refractivity contribution is 6.30. The first-order valence-corrected chi connectivity index (χ1v) is 5.36. The number of carbonyl (C=O) groups is 2. The zero-order chi connectivity index (χ0) is 11.5. The number of likely N-dealkylation sites (tertiary alicyclic amines) is 1. The SMILES string of the molecule is O=C1CCN(C(=O)Nc2ccc(Cl)cc2)C1. The van der Waals surface area contributed by atoms with Crippen molar-refractivity contribution in [1.82, 2.24) is 4.90 Å². The summed E-state index contributed by atoms with van der Waals surface area (Å²) in [5.74, 6) is 0.103. The number of amides is 2. The minimum atomic E-state index is -0.242. The Morgan fingerprint density at radius 1 is 1.31 bits per heavy atom. The van der Waals surface area contributed by atoms with E-state index in [0.717, 1.165) is 0 Å². The Morgan fingerprint density at radius 2 is 2.00 bits per heavy atom. The molecule has 0 aliphatic carbocycles. The van der Waals surface area contributed by atoms with Crippen LogP contribution in [0.3, 0.4) is 0 Å². The van der Waals surface area contributed by atoms with Crippen molar-refractivity contribution in [3.05, 3.63) is 29.3 Å². The summed E-state index contributed by atoms with van der Waals surface area (Å²) in [5.41, 5.74) is 0.675. The molecule has 1 heterocycles. The molecule has 0 radical (unpaired) electrons. The molecule has 1 aromatic carbocycles. The molecule has 1 aliphatic heterocycles. The Morgan fingerprint density at radius 3 is 2.56 bits per heavy atom. The first-order chi connectivity index (χ1) is 7.65. The lowest BCUT2D eigenvalue weighted by atomic mass is 10.3. The van der Waals surface area contributed by atoms with Gasteiger partial charge in [-0.25, -0.2) is 4.79 Å². The van der Waals surface area contributed by atoms with E-state index in [1.807, 2.05) is 0 Å². The van der Waals surface area contributed by atoms with Gasteiger partial charge in [0.15, 0.2) is 5.78 Å². The molecule has 1 N–H and O–H groups in total. The van der Waals surface area contributed by atoms with Crippen molar-refractivity contribution in [2.24, 2.45) is 0 Å². The zero-order valence-corrected chi connectivity index (χ0v) is 9.33. The normalized spacial score (nSPS) is 15.3. The Labute approximate surface area is 98.2 Å². The van der Waals surface area contributed by atoms with Gasteiger partial charge in [-0.2, -0.15) is 0 Å². The number of hydrogen-bond acceptors (Lipinski definition) is 2.